The molecule has 7 nitrogen and oxygen atoms in total. The molecule has 0 bridgehead atoms. The lowest BCUT2D eigenvalue weighted by atomic mass is 10.2. The molecule has 0 N–H and O–H groups in total. The third kappa shape index (κ3) is 5.33. The van der Waals surface area contributed by atoms with Crippen LogP contribution < -0.4 is 4.74 Å². The lowest BCUT2D eigenvalue weighted by molar-refractivity contribution is -0.153. The first-order chi connectivity index (χ1) is 15.1. The van der Waals surface area contributed by atoms with Gasteiger partial charge in [0.15, 0.2) is 12.4 Å². The van der Waals surface area contributed by atoms with Gasteiger partial charge in [-0.25, -0.2) is 9.36 Å². The largest absolute Gasteiger partial charge is 0.609 e. The number of fused-ring (bicyclic) bond motifs is 1. The SMILES string of the molecule is [CH2]CCN(C)C(=O)n1c([S+]([O-])Cc2nccc(OCC(F)(F)F)c2C)nc2ccccc21. The van der Waals surface area contributed by atoms with Crippen molar-refractivity contribution in [3.8, 4) is 5.75 Å². The highest BCUT2D eigenvalue weighted by atomic mass is 32.2. The Hall–Kier alpha value is -2.79. The van der Waals surface area contributed by atoms with Crippen LogP contribution in [0.2, 0.25) is 0 Å². The van der Waals surface area contributed by atoms with E-state index in [1.54, 1.807) is 38.2 Å². The molecular formula is C21H22F3N4O3S. The fourth-order valence-electron chi connectivity index (χ4n) is 3.05. The molecule has 3 aromatic rings. The van der Waals surface area contributed by atoms with Crippen molar-refractivity contribution in [2.75, 3.05) is 20.2 Å². The molecule has 1 radical (unpaired) electrons. The van der Waals surface area contributed by atoms with E-state index in [2.05, 4.69) is 16.9 Å². The highest BCUT2D eigenvalue weighted by Gasteiger charge is 2.31. The summed E-state index contributed by atoms with van der Waals surface area (Å²) in [4.78, 5) is 23.0. The van der Waals surface area contributed by atoms with Crippen LogP contribution in [-0.4, -0.2) is 56.4 Å². The van der Waals surface area contributed by atoms with E-state index in [4.69, 9.17) is 4.74 Å². The van der Waals surface area contributed by atoms with Gasteiger partial charge in [-0.2, -0.15) is 18.2 Å². The van der Waals surface area contributed by atoms with Gasteiger partial charge in [-0.05, 0) is 31.5 Å². The highest BCUT2D eigenvalue weighted by Crippen LogP contribution is 2.27. The molecule has 2 aromatic heterocycles. The summed E-state index contributed by atoms with van der Waals surface area (Å²) < 4.78 is 56.9. The summed E-state index contributed by atoms with van der Waals surface area (Å²) in [5.74, 6) is -0.144. The van der Waals surface area contributed by atoms with Crippen molar-refractivity contribution in [2.45, 2.75) is 30.4 Å². The number of carbonyl (C=O) groups is 1. The van der Waals surface area contributed by atoms with E-state index in [-0.39, 0.29) is 16.7 Å². The summed E-state index contributed by atoms with van der Waals surface area (Å²) in [7, 11) is 1.61. The molecule has 2 heterocycles. The number of ether oxygens (including phenoxy) is 1. The molecule has 1 amide bonds. The second-order valence-corrected chi connectivity index (χ2v) is 8.40. The number of hydrogen-bond donors (Lipinski definition) is 0. The van der Waals surface area contributed by atoms with Crippen LogP contribution >= 0.6 is 0 Å². The van der Waals surface area contributed by atoms with Crippen LogP contribution in [0.1, 0.15) is 17.7 Å². The van der Waals surface area contributed by atoms with E-state index in [0.29, 0.717) is 35.3 Å². The number of alkyl halides is 3. The highest BCUT2D eigenvalue weighted by molar-refractivity contribution is 7.90. The van der Waals surface area contributed by atoms with Crippen molar-refractivity contribution in [1.82, 2.24) is 19.4 Å². The molecule has 0 spiro atoms. The number of rotatable bonds is 7. The number of aromatic nitrogens is 3. The number of para-hydroxylation sites is 2. The second-order valence-electron chi connectivity index (χ2n) is 7.05. The number of pyridine rings is 1. The van der Waals surface area contributed by atoms with Crippen molar-refractivity contribution in [2.24, 2.45) is 0 Å². The number of amides is 1. The van der Waals surface area contributed by atoms with Gasteiger partial charge in [-0.1, -0.05) is 19.1 Å². The third-order valence-corrected chi connectivity index (χ3v) is 5.88. The lowest BCUT2D eigenvalue weighted by Gasteiger charge is -2.19. The van der Waals surface area contributed by atoms with Gasteiger partial charge in [-0.3, -0.25) is 4.98 Å². The second kappa shape index (κ2) is 9.78. The molecule has 0 aliphatic heterocycles. The van der Waals surface area contributed by atoms with Gasteiger partial charge in [0, 0.05) is 36.5 Å². The standard InChI is InChI=1S/C21H22F3N4O3S/c1-4-11-27(3)20(29)28-17-8-6-5-7-15(17)26-19(28)32(30)12-16-14(2)18(9-10-25-16)31-13-21(22,23)24/h5-10H,1,4,11-13H2,2-3H3. The van der Waals surface area contributed by atoms with Crippen molar-refractivity contribution < 1.29 is 27.3 Å². The molecule has 3 rings (SSSR count). The summed E-state index contributed by atoms with van der Waals surface area (Å²) >= 11 is -1.81. The maximum Gasteiger partial charge on any atom is 0.422 e. The van der Waals surface area contributed by atoms with Crippen molar-refractivity contribution in [3.63, 3.8) is 0 Å². The van der Waals surface area contributed by atoms with E-state index in [0.717, 1.165) is 0 Å². The molecule has 171 valence electrons. The summed E-state index contributed by atoms with van der Waals surface area (Å²) in [5, 5.41) is 0.0370. The summed E-state index contributed by atoms with van der Waals surface area (Å²) in [5.41, 5.74) is 1.64. The van der Waals surface area contributed by atoms with Gasteiger partial charge in [0.25, 0.3) is 0 Å². The fraction of sp³-hybridized carbons (Fsp3) is 0.333. The first kappa shape index (κ1) is 23.9. The first-order valence-corrected chi connectivity index (χ1v) is 11.0. The lowest BCUT2D eigenvalue weighted by Crippen LogP contribution is -2.33. The number of halogens is 3. The first-order valence-electron chi connectivity index (χ1n) is 9.67. The van der Waals surface area contributed by atoms with E-state index in [1.807, 2.05) is 0 Å². The molecule has 0 aliphatic carbocycles. The van der Waals surface area contributed by atoms with E-state index in [1.165, 1.54) is 21.7 Å². The minimum Gasteiger partial charge on any atom is -0.609 e. The van der Waals surface area contributed by atoms with Crippen molar-refractivity contribution >= 4 is 28.2 Å². The molecule has 1 atom stereocenters. The molecule has 1 unspecified atom stereocenters. The monoisotopic (exact) mass is 467 g/mol. The summed E-state index contributed by atoms with van der Waals surface area (Å²) in [6.45, 7) is 4.25. The van der Waals surface area contributed by atoms with E-state index in [9.17, 15) is 22.5 Å². The van der Waals surface area contributed by atoms with Gasteiger partial charge < -0.3 is 14.2 Å². The van der Waals surface area contributed by atoms with Gasteiger partial charge in [0.1, 0.15) is 5.75 Å². The number of imidazole rings is 1. The molecule has 0 fully saturated rings. The molecule has 1 aromatic carbocycles. The molecule has 0 aliphatic rings. The van der Waals surface area contributed by atoms with Crippen molar-refractivity contribution in [3.05, 3.63) is 54.7 Å². The van der Waals surface area contributed by atoms with Gasteiger partial charge in [-0.15, -0.1) is 0 Å². The topological polar surface area (TPSA) is 83.3 Å². The predicted octanol–water partition coefficient (Wildman–Crippen LogP) is 4.11. The zero-order valence-electron chi connectivity index (χ0n) is 17.6. The van der Waals surface area contributed by atoms with Crippen LogP contribution in [0.3, 0.4) is 0 Å². The van der Waals surface area contributed by atoms with Crippen LogP contribution in [0.4, 0.5) is 18.0 Å². The Bertz CT molecular complexity index is 1100. The average Bonchev–Trinajstić information content (AvgIpc) is 3.13. The van der Waals surface area contributed by atoms with E-state index < -0.39 is 30.0 Å². The van der Waals surface area contributed by atoms with Crippen LogP contribution in [0, 0.1) is 13.8 Å². The maximum atomic E-state index is 13.3. The summed E-state index contributed by atoms with van der Waals surface area (Å²) in [6.07, 6.45) is -2.69. The van der Waals surface area contributed by atoms with Crippen LogP contribution in [0.15, 0.2) is 41.7 Å². The Morgan fingerprint density at radius 1 is 1.31 bits per heavy atom. The van der Waals surface area contributed by atoms with Crippen molar-refractivity contribution in [1.29, 1.82) is 0 Å². The molecule has 0 saturated carbocycles. The van der Waals surface area contributed by atoms with Crippen LogP contribution in [0.5, 0.6) is 5.75 Å². The van der Waals surface area contributed by atoms with Gasteiger partial charge in [0.05, 0.1) is 16.7 Å². The van der Waals surface area contributed by atoms with E-state index >= 15 is 0 Å². The molecule has 11 heteroatoms. The molecule has 32 heavy (non-hydrogen) atoms. The number of nitrogens with zero attached hydrogens (tertiary/aromatic N) is 4. The van der Waals surface area contributed by atoms with Crippen LogP contribution in [0.25, 0.3) is 11.0 Å². The predicted molar refractivity (Wildman–Crippen MR) is 114 cm³/mol. The maximum absolute atomic E-state index is 13.3. The Labute approximate surface area is 186 Å². The Morgan fingerprint density at radius 2 is 2.03 bits per heavy atom. The quantitative estimate of drug-likeness (QED) is 0.489. The van der Waals surface area contributed by atoms with Gasteiger partial charge >= 0.3 is 17.4 Å². The fourth-order valence-corrected chi connectivity index (χ4v) is 4.30. The minimum atomic E-state index is -4.48. The summed E-state index contributed by atoms with van der Waals surface area (Å²) in [6, 6.07) is 7.82. The smallest absolute Gasteiger partial charge is 0.422 e. The number of benzene rings is 1. The zero-order chi connectivity index (χ0) is 23.5. The third-order valence-electron chi connectivity index (χ3n) is 4.66. The molecule has 0 saturated heterocycles. The Balaban J connectivity index is 1.93. The molecular weight excluding hydrogens is 445 g/mol. The Morgan fingerprint density at radius 3 is 2.72 bits per heavy atom. The normalized spacial score (nSPS) is 12.7. The number of carbonyl (C=O) groups excluding carboxylic acids is 1. The Kier molecular flexibility index (Phi) is 7.29. The van der Waals surface area contributed by atoms with Crippen LogP contribution in [-0.2, 0) is 16.9 Å². The zero-order valence-corrected chi connectivity index (χ0v) is 18.4. The minimum absolute atomic E-state index is 0.00378. The van der Waals surface area contributed by atoms with Gasteiger partial charge in [0.2, 0.25) is 0 Å². The number of hydrogen-bond acceptors (Lipinski definition) is 5. The average molecular weight is 467 g/mol.